The number of hydrogen-bond donors (Lipinski definition) is 1. The van der Waals surface area contributed by atoms with Crippen LogP contribution in [0.2, 0.25) is 0 Å². The summed E-state index contributed by atoms with van der Waals surface area (Å²) in [5.41, 5.74) is 2.49. The molecule has 2 heterocycles. The lowest BCUT2D eigenvalue weighted by molar-refractivity contribution is 0.208. The third-order valence-corrected chi connectivity index (χ3v) is 5.67. The lowest BCUT2D eigenvalue weighted by Crippen LogP contribution is -2.50. The number of aromatic nitrogens is 2. The molecule has 178 valence electrons. The summed E-state index contributed by atoms with van der Waals surface area (Å²) in [5.74, 6) is 2.38. The number of piperazine rings is 1. The van der Waals surface area contributed by atoms with Crippen LogP contribution in [0.15, 0.2) is 54.6 Å². The maximum absolute atomic E-state index is 13.1. The van der Waals surface area contributed by atoms with Crippen molar-refractivity contribution in [3.8, 4) is 5.75 Å². The van der Waals surface area contributed by atoms with Gasteiger partial charge in [0.1, 0.15) is 29.8 Å². The van der Waals surface area contributed by atoms with Gasteiger partial charge in [-0.2, -0.15) is 0 Å². The second-order valence-corrected chi connectivity index (χ2v) is 8.73. The van der Waals surface area contributed by atoms with Crippen molar-refractivity contribution in [2.45, 2.75) is 33.3 Å². The van der Waals surface area contributed by atoms with Crippen molar-refractivity contribution in [1.29, 1.82) is 0 Å². The van der Waals surface area contributed by atoms with E-state index in [0.29, 0.717) is 44.2 Å². The zero-order valence-electron chi connectivity index (χ0n) is 19.8. The molecule has 1 N–H and O–H groups in total. The van der Waals surface area contributed by atoms with Gasteiger partial charge in [0, 0.05) is 55.6 Å². The molecule has 1 aliphatic heterocycles. The van der Waals surface area contributed by atoms with Gasteiger partial charge in [0.25, 0.3) is 0 Å². The van der Waals surface area contributed by atoms with Crippen molar-refractivity contribution in [3.63, 3.8) is 0 Å². The summed E-state index contributed by atoms with van der Waals surface area (Å²) in [4.78, 5) is 26.1. The second-order valence-electron chi connectivity index (χ2n) is 8.73. The zero-order chi connectivity index (χ0) is 24.1. The van der Waals surface area contributed by atoms with Crippen molar-refractivity contribution < 1.29 is 13.9 Å². The summed E-state index contributed by atoms with van der Waals surface area (Å²) in [6.07, 6.45) is 0. The summed E-state index contributed by atoms with van der Waals surface area (Å²) >= 11 is 0. The van der Waals surface area contributed by atoms with Crippen LogP contribution < -0.4 is 15.0 Å². The number of benzene rings is 2. The molecule has 1 aliphatic rings. The fourth-order valence-corrected chi connectivity index (χ4v) is 3.75. The number of urea groups is 1. The van der Waals surface area contributed by atoms with E-state index < -0.39 is 0 Å². The van der Waals surface area contributed by atoms with E-state index in [1.165, 1.54) is 12.1 Å². The van der Waals surface area contributed by atoms with Gasteiger partial charge in [0.2, 0.25) is 0 Å². The van der Waals surface area contributed by atoms with E-state index in [-0.39, 0.29) is 17.8 Å². The molecular formula is C26H30FN5O2. The van der Waals surface area contributed by atoms with Gasteiger partial charge in [-0.1, -0.05) is 32.0 Å². The predicted octanol–water partition coefficient (Wildman–Crippen LogP) is 4.98. The Morgan fingerprint density at radius 2 is 1.79 bits per heavy atom. The maximum Gasteiger partial charge on any atom is 0.321 e. The number of anilines is 2. The van der Waals surface area contributed by atoms with Crippen LogP contribution in [0.1, 0.15) is 36.8 Å². The Morgan fingerprint density at radius 1 is 1.06 bits per heavy atom. The van der Waals surface area contributed by atoms with Gasteiger partial charge in [-0.25, -0.2) is 19.2 Å². The van der Waals surface area contributed by atoms with E-state index in [1.54, 1.807) is 23.1 Å². The van der Waals surface area contributed by atoms with Gasteiger partial charge in [-0.3, -0.25) is 0 Å². The van der Waals surface area contributed by atoms with Crippen LogP contribution in [-0.2, 0) is 6.61 Å². The molecule has 1 aromatic heterocycles. The first kappa shape index (κ1) is 23.5. The smallest absolute Gasteiger partial charge is 0.321 e. The third-order valence-electron chi connectivity index (χ3n) is 5.67. The van der Waals surface area contributed by atoms with E-state index in [9.17, 15) is 9.18 Å². The molecule has 1 fully saturated rings. The number of nitrogens with zero attached hydrogens (tertiary/aromatic N) is 4. The van der Waals surface area contributed by atoms with Gasteiger partial charge in [-0.05, 0) is 36.8 Å². The number of hydrogen-bond acceptors (Lipinski definition) is 5. The first-order valence-corrected chi connectivity index (χ1v) is 11.5. The molecular weight excluding hydrogens is 433 g/mol. The minimum atomic E-state index is -0.276. The third kappa shape index (κ3) is 6.01. The number of carbonyl (C=O) groups excluding carboxylic acids is 1. The van der Waals surface area contributed by atoms with E-state index in [4.69, 9.17) is 9.72 Å². The molecule has 2 aromatic carbocycles. The van der Waals surface area contributed by atoms with Crippen molar-refractivity contribution >= 4 is 17.5 Å². The molecule has 3 aromatic rings. The van der Waals surface area contributed by atoms with Gasteiger partial charge in [-0.15, -0.1) is 0 Å². The van der Waals surface area contributed by atoms with E-state index in [1.807, 2.05) is 31.2 Å². The second kappa shape index (κ2) is 10.5. The average Bonchev–Trinajstić information content (AvgIpc) is 2.83. The number of ether oxygens (including phenoxy) is 1. The summed E-state index contributed by atoms with van der Waals surface area (Å²) < 4.78 is 18.8. The number of rotatable bonds is 6. The molecule has 0 bridgehead atoms. The van der Waals surface area contributed by atoms with E-state index in [2.05, 4.69) is 29.0 Å². The molecule has 2 amide bonds. The van der Waals surface area contributed by atoms with E-state index in [0.717, 1.165) is 22.9 Å². The maximum atomic E-state index is 13.1. The standard InChI is InChI=1S/C26H30FN5O2/c1-18(2)25-28-19(3)15-24(30-25)31-11-13-32(14-12-31)26(33)29-22-5-4-6-23(16-22)34-17-20-7-9-21(27)10-8-20/h4-10,15-16,18H,11-14,17H2,1-3H3,(H,29,33). The highest BCUT2D eigenvalue weighted by Gasteiger charge is 2.23. The SMILES string of the molecule is Cc1cc(N2CCN(C(=O)Nc3cccc(OCc4ccc(F)cc4)c3)CC2)nc(C(C)C)n1. The quantitative estimate of drug-likeness (QED) is 0.558. The largest absolute Gasteiger partial charge is 0.489 e. The van der Waals surface area contributed by atoms with Crippen LogP contribution in [0.4, 0.5) is 20.7 Å². The summed E-state index contributed by atoms with van der Waals surface area (Å²) in [7, 11) is 0. The fourth-order valence-electron chi connectivity index (χ4n) is 3.75. The van der Waals surface area contributed by atoms with Crippen LogP contribution in [0.5, 0.6) is 5.75 Å². The van der Waals surface area contributed by atoms with Gasteiger partial charge >= 0.3 is 6.03 Å². The molecule has 0 spiro atoms. The molecule has 0 saturated carbocycles. The molecule has 8 heteroatoms. The normalized spacial score (nSPS) is 13.8. The highest BCUT2D eigenvalue weighted by atomic mass is 19.1. The Hall–Kier alpha value is -3.68. The first-order valence-electron chi connectivity index (χ1n) is 11.5. The topological polar surface area (TPSA) is 70.6 Å². The fraction of sp³-hybridized carbons (Fsp3) is 0.346. The lowest BCUT2D eigenvalue weighted by atomic mass is 10.2. The summed E-state index contributed by atoms with van der Waals surface area (Å²) in [5, 5.41) is 2.96. The number of amides is 2. The van der Waals surface area contributed by atoms with Crippen molar-refractivity contribution in [2.24, 2.45) is 0 Å². The Morgan fingerprint density at radius 3 is 2.50 bits per heavy atom. The minimum absolute atomic E-state index is 0.142. The van der Waals surface area contributed by atoms with Gasteiger partial charge < -0.3 is 19.9 Å². The molecule has 1 saturated heterocycles. The van der Waals surface area contributed by atoms with Crippen molar-refractivity contribution in [1.82, 2.24) is 14.9 Å². The number of aryl methyl sites for hydroxylation is 1. The predicted molar refractivity (Wildman–Crippen MR) is 131 cm³/mol. The number of carbonyl (C=O) groups is 1. The zero-order valence-corrected chi connectivity index (χ0v) is 19.8. The number of halogens is 1. The molecule has 0 aliphatic carbocycles. The van der Waals surface area contributed by atoms with Crippen molar-refractivity contribution in [3.05, 3.63) is 77.5 Å². The highest BCUT2D eigenvalue weighted by Crippen LogP contribution is 2.21. The Bertz CT molecular complexity index is 1130. The van der Waals surface area contributed by atoms with Crippen LogP contribution >= 0.6 is 0 Å². The molecule has 0 unspecified atom stereocenters. The Labute approximate surface area is 199 Å². The molecule has 4 rings (SSSR count). The lowest BCUT2D eigenvalue weighted by Gasteiger charge is -2.35. The van der Waals surface area contributed by atoms with Crippen LogP contribution in [-0.4, -0.2) is 47.1 Å². The molecule has 7 nitrogen and oxygen atoms in total. The first-order chi connectivity index (χ1) is 16.4. The molecule has 34 heavy (non-hydrogen) atoms. The van der Waals surface area contributed by atoms with Crippen LogP contribution in [0.25, 0.3) is 0 Å². The minimum Gasteiger partial charge on any atom is -0.489 e. The van der Waals surface area contributed by atoms with Gasteiger partial charge in [0.15, 0.2) is 0 Å². The van der Waals surface area contributed by atoms with Crippen LogP contribution in [0, 0.1) is 12.7 Å². The highest BCUT2D eigenvalue weighted by molar-refractivity contribution is 5.89. The average molecular weight is 464 g/mol. The van der Waals surface area contributed by atoms with Gasteiger partial charge in [0.05, 0.1) is 0 Å². The van der Waals surface area contributed by atoms with E-state index >= 15 is 0 Å². The van der Waals surface area contributed by atoms with Crippen LogP contribution in [0.3, 0.4) is 0 Å². The molecule has 0 radical (unpaired) electrons. The molecule has 0 atom stereocenters. The Balaban J connectivity index is 1.31. The summed E-state index contributed by atoms with van der Waals surface area (Å²) in [6.45, 7) is 9.11. The number of nitrogens with one attached hydrogen (secondary N) is 1. The van der Waals surface area contributed by atoms with Crippen molar-refractivity contribution in [2.75, 3.05) is 36.4 Å². The summed E-state index contributed by atoms with van der Waals surface area (Å²) in [6, 6.07) is 15.3. The monoisotopic (exact) mass is 463 g/mol. The Kier molecular flexibility index (Phi) is 7.25.